The second-order valence-electron chi connectivity index (χ2n) is 9.69. The zero-order chi connectivity index (χ0) is 18.2. The summed E-state index contributed by atoms with van der Waals surface area (Å²) in [5, 5.41) is 22.3. The maximum absolute atomic E-state index is 12.7. The molecule has 0 aliphatic heterocycles. The van der Waals surface area contributed by atoms with Crippen LogP contribution in [0, 0.1) is 34.0 Å². The van der Waals surface area contributed by atoms with Gasteiger partial charge in [0.05, 0.1) is 24.7 Å². The van der Waals surface area contributed by atoms with Crippen LogP contribution in [0.15, 0.2) is 12.2 Å². The first-order chi connectivity index (χ1) is 11.7. The molecule has 0 aromatic carbocycles. The largest absolute Gasteiger partial charge is 0.469 e. The highest BCUT2D eigenvalue weighted by Crippen LogP contribution is 2.72. The number of aliphatic hydroxyl groups excluding tert-OH is 2. The van der Waals surface area contributed by atoms with Crippen molar-refractivity contribution in [2.45, 2.75) is 71.0 Å². The van der Waals surface area contributed by atoms with Crippen LogP contribution < -0.4 is 0 Å². The average molecular weight is 348 g/mol. The van der Waals surface area contributed by atoms with Crippen molar-refractivity contribution < 1.29 is 19.7 Å². The van der Waals surface area contributed by atoms with Crippen LogP contribution in [0.1, 0.15) is 58.8 Å². The highest BCUT2D eigenvalue weighted by molar-refractivity contribution is 5.77. The summed E-state index contributed by atoms with van der Waals surface area (Å²) >= 11 is 0. The Morgan fingerprint density at radius 3 is 2.56 bits per heavy atom. The van der Waals surface area contributed by atoms with E-state index < -0.39 is 23.0 Å². The number of carbonyl (C=O) groups excluding carboxylic acids is 1. The van der Waals surface area contributed by atoms with Crippen LogP contribution in [0.3, 0.4) is 0 Å². The molecule has 5 rings (SSSR count). The molecule has 2 N–H and O–H groups in total. The van der Waals surface area contributed by atoms with Crippen LogP contribution in [0.25, 0.3) is 0 Å². The van der Waals surface area contributed by atoms with E-state index in [0.717, 1.165) is 44.1 Å². The number of esters is 1. The summed E-state index contributed by atoms with van der Waals surface area (Å²) in [6, 6.07) is 0. The minimum atomic E-state index is -0.607. The number of hydrogen-bond acceptors (Lipinski definition) is 4. The molecule has 5 aliphatic carbocycles. The first-order valence-corrected chi connectivity index (χ1v) is 9.85. The molecule has 4 heteroatoms. The lowest BCUT2D eigenvalue weighted by Crippen LogP contribution is -2.69. The van der Waals surface area contributed by atoms with Crippen LogP contribution in [0.4, 0.5) is 0 Å². The van der Waals surface area contributed by atoms with Gasteiger partial charge in [0.15, 0.2) is 0 Å². The molecule has 4 nitrogen and oxygen atoms in total. The Morgan fingerprint density at radius 1 is 1.16 bits per heavy atom. The topological polar surface area (TPSA) is 66.8 Å². The Hall–Kier alpha value is -0.870. The van der Waals surface area contributed by atoms with Crippen molar-refractivity contribution in [3.05, 3.63) is 12.2 Å². The summed E-state index contributed by atoms with van der Waals surface area (Å²) in [6.45, 7) is 8.50. The quantitative estimate of drug-likeness (QED) is 0.564. The zero-order valence-corrected chi connectivity index (χ0v) is 15.8. The van der Waals surface area contributed by atoms with Crippen LogP contribution in [0.5, 0.6) is 0 Å². The molecule has 0 aromatic heterocycles. The van der Waals surface area contributed by atoms with E-state index in [2.05, 4.69) is 13.5 Å². The highest BCUT2D eigenvalue weighted by Gasteiger charge is 2.70. The van der Waals surface area contributed by atoms with Gasteiger partial charge in [-0.1, -0.05) is 19.9 Å². The van der Waals surface area contributed by atoms with Gasteiger partial charge in [-0.25, -0.2) is 0 Å². The van der Waals surface area contributed by atoms with Gasteiger partial charge in [0, 0.05) is 5.41 Å². The van der Waals surface area contributed by atoms with Gasteiger partial charge >= 0.3 is 5.97 Å². The number of hydrogen-bond donors (Lipinski definition) is 2. The van der Waals surface area contributed by atoms with E-state index in [-0.39, 0.29) is 23.2 Å². The summed E-state index contributed by atoms with van der Waals surface area (Å²) in [5.41, 5.74) is -0.120. The monoisotopic (exact) mass is 348 g/mol. The standard InChI is InChI=1S/C21H32O4/c1-12-13-6-9-21(17(12)23)15(10-13)19(2)7-5-8-20(3,18(24)25-4)14(19)11-16(21)22/h13-17,22-23H,1,5-11H2,2-4H3/t13-,14-,15-,16-,17-,19+,20+,21+/m0/s1. The van der Waals surface area contributed by atoms with Gasteiger partial charge in [0.25, 0.3) is 0 Å². The maximum Gasteiger partial charge on any atom is 0.311 e. The first kappa shape index (κ1) is 17.5. The second kappa shape index (κ2) is 5.32. The molecule has 1 spiro atoms. The van der Waals surface area contributed by atoms with Gasteiger partial charge in [-0.05, 0) is 74.2 Å². The van der Waals surface area contributed by atoms with E-state index in [1.54, 1.807) is 0 Å². The van der Waals surface area contributed by atoms with Gasteiger partial charge in [0.1, 0.15) is 0 Å². The van der Waals surface area contributed by atoms with Crippen molar-refractivity contribution in [3.63, 3.8) is 0 Å². The molecule has 5 saturated carbocycles. The SMILES string of the molecule is C=C1[C@H]2CC[C@@]3([C@@H](O)C[C@H]4[C@@](C)(CCC[C@@]4(C)C(=O)OC)[C@@H]3C2)[C@H]1O. The predicted molar refractivity (Wildman–Crippen MR) is 94.6 cm³/mol. The van der Waals surface area contributed by atoms with Crippen molar-refractivity contribution in [3.8, 4) is 0 Å². The van der Waals surface area contributed by atoms with E-state index in [1.807, 2.05) is 6.92 Å². The van der Waals surface area contributed by atoms with Crippen molar-refractivity contribution in [2.75, 3.05) is 7.11 Å². The lowest BCUT2D eigenvalue weighted by molar-refractivity contribution is -0.252. The van der Waals surface area contributed by atoms with Crippen LogP contribution in [-0.2, 0) is 9.53 Å². The third kappa shape index (κ3) is 1.93. The fourth-order valence-electron chi connectivity index (χ4n) is 7.70. The Morgan fingerprint density at radius 2 is 1.88 bits per heavy atom. The molecule has 0 heterocycles. The molecule has 8 atom stereocenters. The first-order valence-electron chi connectivity index (χ1n) is 9.85. The number of methoxy groups -OCH3 is 1. The normalized spacial score (nSPS) is 54.6. The molecule has 0 aromatic rings. The van der Waals surface area contributed by atoms with E-state index in [1.165, 1.54) is 7.11 Å². The lowest BCUT2D eigenvalue weighted by atomic mass is 9.35. The highest BCUT2D eigenvalue weighted by atomic mass is 16.5. The van der Waals surface area contributed by atoms with Crippen molar-refractivity contribution in [1.82, 2.24) is 0 Å². The number of aliphatic hydroxyl groups is 2. The Balaban J connectivity index is 1.81. The smallest absolute Gasteiger partial charge is 0.311 e. The minimum Gasteiger partial charge on any atom is -0.469 e. The Kier molecular flexibility index (Phi) is 3.73. The summed E-state index contributed by atoms with van der Waals surface area (Å²) in [6.07, 6.45) is 5.18. The number of fused-ring (bicyclic) bond motifs is 3. The molecule has 140 valence electrons. The summed E-state index contributed by atoms with van der Waals surface area (Å²) in [7, 11) is 1.47. The molecule has 2 bridgehead atoms. The van der Waals surface area contributed by atoms with E-state index in [0.29, 0.717) is 12.3 Å². The van der Waals surface area contributed by atoms with Crippen molar-refractivity contribution >= 4 is 5.97 Å². The summed E-state index contributed by atoms with van der Waals surface area (Å²) in [4.78, 5) is 12.7. The van der Waals surface area contributed by atoms with E-state index >= 15 is 0 Å². The number of rotatable bonds is 1. The second-order valence-corrected chi connectivity index (χ2v) is 9.69. The van der Waals surface area contributed by atoms with Crippen LogP contribution in [-0.4, -0.2) is 35.5 Å². The third-order valence-electron chi connectivity index (χ3n) is 8.98. The molecule has 5 fully saturated rings. The van der Waals surface area contributed by atoms with Crippen LogP contribution in [0.2, 0.25) is 0 Å². The number of ether oxygens (including phenoxy) is 1. The summed E-state index contributed by atoms with van der Waals surface area (Å²) in [5.74, 6) is 0.567. The average Bonchev–Trinajstić information content (AvgIpc) is 2.60. The Bertz CT molecular complexity index is 615. The fourth-order valence-corrected chi connectivity index (χ4v) is 7.70. The molecular formula is C21H32O4. The van der Waals surface area contributed by atoms with Gasteiger partial charge in [-0.15, -0.1) is 0 Å². The Labute approximate surface area is 150 Å². The van der Waals surface area contributed by atoms with E-state index in [9.17, 15) is 15.0 Å². The molecule has 0 saturated heterocycles. The van der Waals surface area contributed by atoms with Crippen molar-refractivity contribution in [1.29, 1.82) is 0 Å². The van der Waals surface area contributed by atoms with E-state index in [4.69, 9.17) is 4.74 Å². The molecule has 25 heavy (non-hydrogen) atoms. The van der Waals surface area contributed by atoms with Gasteiger partial charge in [-0.3, -0.25) is 4.79 Å². The molecule has 0 radical (unpaired) electrons. The predicted octanol–water partition coefficient (Wildman–Crippen LogP) is 3.07. The maximum atomic E-state index is 12.7. The molecular weight excluding hydrogens is 316 g/mol. The van der Waals surface area contributed by atoms with Gasteiger partial charge < -0.3 is 14.9 Å². The summed E-state index contributed by atoms with van der Waals surface area (Å²) < 4.78 is 5.17. The lowest BCUT2D eigenvalue weighted by Gasteiger charge is -2.70. The van der Waals surface area contributed by atoms with Crippen LogP contribution >= 0.6 is 0 Å². The zero-order valence-electron chi connectivity index (χ0n) is 15.8. The van der Waals surface area contributed by atoms with Crippen molar-refractivity contribution in [2.24, 2.45) is 34.0 Å². The molecule has 0 amide bonds. The van der Waals surface area contributed by atoms with Gasteiger partial charge in [-0.2, -0.15) is 0 Å². The van der Waals surface area contributed by atoms with Gasteiger partial charge in [0.2, 0.25) is 0 Å². The number of carbonyl (C=O) groups is 1. The molecule has 5 aliphatic rings. The fraction of sp³-hybridized carbons (Fsp3) is 0.857. The molecule has 0 unspecified atom stereocenters. The third-order valence-corrected chi connectivity index (χ3v) is 8.98. The minimum absolute atomic E-state index is 0.0409.